The maximum atomic E-state index is 11.5. The van der Waals surface area contributed by atoms with E-state index in [4.69, 9.17) is 4.74 Å². The monoisotopic (exact) mass is 240 g/mol. The Balaban J connectivity index is 2.37. The summed E-state index contributed by atoms with van der Waals surface area (Å²) in [5, 5.41) is 19.4. The minimum absolute atomic E-state index is 0.0362. The van der Waals surface area contributed by atoms with Gasteiger partial charge in [0.2, 0.25) is 0 Å². The molecule has 1 aliphatic rings. The first-order valence-electron chi connectivity index (χ1n) is 4.97. The van der Waals surface area contributed by atoms with Crippen LogP contribution in [-0.2, 0) is 4.74 Å². The van der Waals surface area contributed by atoms with E-state index in [9.17, 15) is 19.8 Å². The van der Waals surface area contributed by atoms with E-state index in [-0.39, 0.29) is 6.61 Å². The fourth-order valence-electron chi connectivity index (χ4n) is 1.65. The number of hydrogen-bond donors (Lipinski definition) is 3. The maximum absolute atomic E-state index is 11.5. The second-order valence-electron chi connectivity index (χ2n) is 3.81. The molecule has 1 fully saturated rings. The van der Waals surface area contributed by atoms with Crippen LogP contribution in [0.15, 0.2) is 34.0 Å². The van der Waals surface area contributed by atoms with Gasteiger partial charge in [0.15, 0.2) is 6.23 Å². The summed E-state index contributed by atoms with van der Waals surface area (Å²) in [6, 6.07) is 1.13. The van der Waals surface area contributed by atoms with E-state index in [0.29, 0.717) is 5.57 Å². The van der Waals surface area contributed by atoms with Gasteiger partial charge in [0.25, 0.3) is 5.56 Å². The van der Waals surface area contributed by atoms with E-state index in [1.165, 1.54) is 6.20 Å². The average Bonchev–Trinajstić information content (AvgIpc) is 2.28. The molecule has 0 aliphatic carbocycles. The average molecular weight is 240 g/mol. The highest BCUT2D eigenvalue weighted by Crippen LogP contribution is 2.24. The van der Waals surface area contributed by atoms with Gasteiger partial charge in [-0.3, -0.25) is 14.3 Å². The van der Waals surface area contributed by atoms with Crippen molar-refractivity contribution >= 4 is 0 Å². The number of hydrogen-bond acceptors (Lipinski definition) is 5. The van der Waals surface area contributed by atoms with Gasteiger partial charge in [-0.1, -0.05) is 6.58 Å². The third-order valence-corrected chi connectivity index (χ3v) is 2.60. The van der Waals surface area contributed by atoms with Crippen molar-refractivity contribution in [2.75, 3.05) is 6.61 Å². The molecule has 3 atom stereocenters. The Morgan fingerprint density at radius 2 is 2.18 bits per heavy atom. The van der Waals surface area contributed by atoms with E-state index in [2.05, 4.69) is 6.58 Å². The second-order valence-corrected chi connectivity index (χ2v) is 3.81. The zero-order chi connectivity index (χ0) is 12.6. The number of aliphatic hydroxyl groups excluding tert-OH is 2. The SMILES string of the molecule is C=C1CO[C@H](n2ccc(=O)[nH]c2=O)[C@@H](O)[C@H]1O. The molecule has 2 rings (SSSR count). The Hall–Kier alpha value is -1.70. The summed E-state index contributed by atoms with van der Waals surface area (Å²) in [7, 11) is 0. The molecule has 1 saturated heterocycles. The molecule has 0 radical (unpaired) electrons. The molecule has 0 amide bonds. The molecule has 1 aliphatic heterocycles. The summed E-state index contributed by atoms with van der Waals surface area (Å²) in [6.07, 6.45) is -2.30. The molecule has 92 valence electrons. The summed E-state index contributed by atoms with van der Waals surface area (Å²) in [5.41, 5.74) is -0.908. The van der Waals surface area contributed by atoms with Crippen LogP contribution < -0.4 is 11.2 Å². The number of rotatable bonds is 1. The Morgan fingerprint density at radius 1 is 1.47 bits per heavy atom. The Bertz CT molecular complexity index is 546. The van der Waals surface area contributed by atoms with E-state index in [1.807, 2.05) is 4.98 Å². The zero-order valence-corrected chi connectivity index (χ0v) is 8.87. The third kappa shape index (κ3) is 2.07. The predicted octanol–water partition coefficient (Wildman–Crippen LogP) is -1.66. The van der Waals surface area contributed by atoms with Gasteiger partial charge >= 0.3 is 5.69 Å². The number of H-pyrrole nitrogens is 1. The smallest absolute Gasteiger partial charge is 0.330 e. The molecule has 0 bridgehead atoms. The predicted molar refractivity (Wildman–Crippen MR) is 57.5 cm³/mol. The number of nitrogens with one attached hydrogen (secondary N) is 1. The van der Waals surface area contributed by atoms with Crippen molar-refractivity contribution in [3.63, 3.8) is 0 Å². The van der Waals surface area contributed by atoms with Crippen LogP contribution in [0, 0.1) is 0 Å². The van der Waals surface area contributed by atoms with Crippen molar-refractivity contribution in [3.8, 4) is 0 Å². The van der Waals surface area contributed by atoms with Crippen molar-refractivity contribution in [1.29, 1.82) is 0 Å². The zero-order valence-electron chi connectivity index (χ0n) is 8.87. The first-order chi connectivity index (χ1) is 8.00. The Labute approximate surface area is 95.6 Å². The summed E-state index contributed by atoms with van der Waals surface area (Å²) >= 11 is 0. The topological polar surface area (TPSA) is 105 Å². The van der Waals surface area contributed by atoms with Gasteiger partial charge in [0, 0.05) is 12.3 Å². The summed E-state index contributed by atoms with van der Waals surface area (Å²) in [6.45, 7) is 3.57. The van der Waals surface area contributed by atoms with Crippen LogP contribution in [0.4, 0.5) is 0 Å². The standard InChI is InChI=1S/C10H12N2O5/c1-5-4-17-9(8(15)7(5)14)12-3-2-6(13)11-10(12)16/h2-3,7-9,14-15H,1,4H2,(H,11,13,16)/t7-,8-,9-/m0/s1. The van der Waals surface area contributed by atoms with Crippen molar-refractivity contribution in [3.05, 3.63) is 45.3 Å². The lowest BCUT2D eigenvalue weighted by atomic mass is 10.0. The summed E-state index contributed by atoms with van der Waals surface area (Å²) in [5.74, 6) is 0. The molecule has 7 heteroatoms. The third-order valence-electron chi connectivity index (χ3n) is 2.60. The highest BCUT2D eigenvalue weighted by Gasteiger charge is 2.35. The van der Waals surface area contributed by atoms with E-state index in [0.717, 1.165) is 10.6 Å². The Kier molecular flexibility index (Phi) is 2.97. The fourth-order valence-corrected chi connectivity index (χ4v) is 1.65. The van der Waals surface area contributed by atoms with Gasteiger partial charge in [0.05, 0.1) is 6.61 Å². The van der Waals surface area contributed by atoms with E-state index >= 15 is 0 Å². The van der Waals surface area contributed by atoms with Crippen molar-refractivity contribution in [1.82, 2.24) is 9.55 Å². The van der Waals surface area contributed by atoms with Crippen molar-refractivity contribution < 1.29 is 14.9 Å². The minimum Gasteiger partial charge on any atom is -0.386 e. The van der Waals surface area contributed by atoms with Crippen LogP contribution in [0.25, 0.3) is 0 Å². The first kappa shape index (κ1) is 11.8. The lowest BCUT2D eigenvalue weighted by Gasteiger charge is -2.34. The molecule has 0 spiro atoms. The van der Waals surface area contributed by atoms with Crippen molar-refractivity contribution in [2.45, 2.75) is 18.4 Å². The number of aromatic amines is 1. The molecule has 3 N–H and O–H groups in total. The number of aliphatic hydroxyl groups is 2. The largest absolute Gasteiger partial charge is 0.386 e. The van der Waals surface area contributed by atoms with Gasteiger partial charge in [-0.25, -0.2) is 4.79 Å². The molecule has 0 saturated carbocycles. The molecule has 0 unspecified atom stereocenters. The van der Waals surface area contributed by atoms with Crippen LogP contribution in [0.1, 0.15) is 6.23 Å². The highest BCUT2D eigenvalue weighted by atomic mass is 16.5. The van der Waals surface area contributed by atoms with Crippen LogP contribution in [0.3, 0.4) is 0 Å². The molecule has 1 aromatic rings. The molecule has 2 heterocycles. The molecule has 0 aromatic carbocycles. The lowest BCUT2D eigenvalue weighted by Crippen LogP contribution is -2.47. The van der Waals surface area contributed by atoms with Crippen LogP contribution in [-0.4, -0.2) is 38.6 Å². The summed E-state index contributed by atoms with van der Waals surface area (Å²) in [4.78, 5) is 24.4. The molecule has 17 heavy (non-hydrogen) atoms. The van der Waals surface area contributed by atoms with Gasteiger partial charge in [-0.2, -0.15) is 0 Å². The number of nitrogens with zero attached hydrogens (tertiary/aromatic N) is 1. The van der Waals surface area contributed by atoms with Gasteiger partial charge < -0.3 is 14.9 Å². The second kappa shape index (κ2) is 4.28. The number of ether oxygens (including phenoxy) is 1. The van der Waals surface area contributed by atoms with Crippen LogP contribution >= 0.6 is 0 Å². The molecule has 1 aromatic heterocycles. The van der Waals surface area contributed by atoms with E-state index in [1.54, 1.807) is 0 Å². The molecular weight excluding hydrogens is 228 g/mol. The van der Waals surface area contributed by atoms with Gasteiger partial charge in [-0.15, -0.1) is 0 Å². The van der Waals surface area contributed by atoms with Gasteiger partial charge in [0.1, 0.15) is 12.2 Å². The lowest BCUT2D eigenvalue weighted by molar-refractivity contribution is -0.141. The molecule has 7 nitrogen and oxygen atoms in total. The fraction of sp³-hybridized carbons (Fsp3) is 0.400. The molecular formula is C10H12N2O5. The number of aromatic nitrogens is 2. The van der Waals surface area contributed by atoms with Crippen molar-refractivity contribution in [2.24, 2.45) is 0 Å². The van der Waals surface area contributed by atoms with Crippen LogP contribution in [0.2, 0.25) is 0 Å². The van der Waals surface area contributed by atoms with E-state index < -0.39 is 29.7 Å². The quantitative estimate of drug-likeness (QED) is 0.510. The van der Waals surface area contributed by atoms with Crippen LogP contribution in [0.5, 0.6) is 0 Å². The normalized spacial score (nSPS) is 29.3. The summed E-state index contributed by atoms with van der Waals surface area (Å²) < 4.78 is 6.23. The van der Waals surface area contributed by atoms with Gasteiger partial charge in [-0.05, 0) is 5.57 Å². The highest BCUT2D eigenvalue weighted by molar-refractivity contribution is 5.09. The maximum Gasteiger partial charge on any atom is 0.330 e. The minimum atomic E-state index is -1.31. The first-order valence-corrected chi connectivity index (χ1v) is 4.97. The Morgan fingerprint density at radius 3 is 2.82 bits per heavy atom.